The van der Waals surface area contributed by atoms with Gasteiger partial charge in [0.2, 0.25) is 0 Å². The van der Waals surface area contributed by atoms with Gasteiger partial charge in [0.25, 0.3) is 0 Å². The fourth-order valence-electron chi connectivity index (χ4n) is 4.11. The van der Waals surface area contributed by atoms with Crippen LogP contribution in [0.2, 0.25) is 0 Å². The largest absolute Gasteiger partial charge is 0.457 e. The normalized spacial score (nSPS) is 26.3. The van der Waals surface area contributed by atoms with Crippen molar-refractivity contribution in [1.29, 1.82) is 0 Å². The average Bonchev–Trinajstić information content (AvgIpc) is 3.28. The molecule has 5 heteroatoms. The van der Waals surface area contributed by atoms with Crippen molar-refractivity contribution < 1.29 is 24.1 Å². The molecule has 2 rings (SSSR count). The number of ether oxygens (including phenoxy) is 3. The standard InChI is InChI=1S/C24H42O5/c1-2-3-4-5-6-7-8-9-10-11-12-13-14-15-16-17-22(26)29-21-19-28-23-20(25)18-27-24(21)23/h9-10,20-21,23-25H,2-8,11-19H2,1H3/b10-9-/t20-,21+,23-,24-/m1/s1. The molecule has 5 nitrogen and oxygen atoms in total. The van der Waals surface area contributed by atoms with Crippen LogP contribution in [-0.4, -0.2) is 48.7 Å². The Balaban J connectivity index is 1.35. The minimum absolute atomic E-state index is 0.179. The van der Waals surface area contributed by atoms with Gasteiger partial charge in [-0.15, -0.1) is 0 Å². The molecule has 0 aromatic rings. The zero-order chi connectivity index (χ0) is 20.7. The summed E-state index contributed by atoms with van der Waals surface area (Å²) in [6.07, 6.45) is 19.7. The molecule has 2 aliphatic heterocycles. The van der Waals surface area contributed by atoms with E-state index in [1.165, 1.54) is 70.6 Å². The lowest BCUT2D eigenvalue weighted by atomic mass is 10.1. The minimum Gasteiger partial charge on any atom is -0.457 e. The van der Waals surface area contributed by atoms with Gasteiger partial charge in [0.1, 0.15) is 18.3 Å². The van der Waals surface area contributed by atoms with Gasteiger partial charge in [0.15, 0.2) is 6.10 Å². The average molecular weight is 411 g/mol. The smallest absolute Gasteiger partial charge is 0.306 e. The van der Waals surface area contributed by atoms with Gasteiger partial charge >= 0.3 is 5.97 Å². The summed E-state index contributed by atoms with van der Waals surface area (Å²) in [6.45, 7) is 2.85. The maximum Gasteiger partial charge on any atom is 0.306 e. The van der Waals surface area contributed by atoms with Gasteiger partial charge in [-0.3, -0.25) is 4.79 Å². The third-order valence-corrected chi connectivity index (χ3v) is 5.91. The Labute approximate surface area is 177 Å². The summed E-state index contributed by atoms with van der Waals surface area (Å²) in [6, 6.07) is 0. The van der Waals surface area contributed by atoms with Crippen molar-refractivity contribution in [3.8, 4) is 0 Å². The molecule has 2 aliphatic rings. The van der Waals surface area contributed by atoms with E-state index in [1.54, 1.807) is 0 Å². The maximum absolute atomic E-state index is 12.0. The third kappa shape index (κ3) is 9.63. The molecule has 2 saturated heterocycles. The van der Waals surface area contributed by atoms with Gasteiger partial charge in [-0.1, -0.05) is 70.4 Å². The second-order valence-electron chi connectivity index (χ2n) is 8.53. The molecule has 4 atom stereocenters. The van der Waals surface area contributed by atoms with Gasteiger partial charge in [0, 0.05) is 6.42 Å². The fraction of sp³-hybridized carbons (Fsp3) is 0.875. The predicted molar refractivity (Wildman–Crippen MR) is 115 cm³/mol. The molecule has 2 heterocycles. The quantitative estimate of drug-likeness (QED) is 0.218. The summed E-state index contributed by atoms with van der Waals surface area (Å²) in [7, 11) is 0. The molecule has 0 aromatic carbocycles. The van der Waals surface area contributed by atoms with Crippen molar-refractivity contribution in [1.82, 2.24) is 0 Å². The van der Waals surface area contributed by atoms with Crippen LogP contribution in [0.15, 0.2) is 12.2 Å². The van der Waals surface area contributed by atoms with Gasteiger partial charge in [-0.25, -0.2) is 0 Å². The van der Waals surface area contributed by atoms with Crippen molar-refractivity contribution in [3.05, 3.63) is 12.2 Å². The van der Waals surface area contributed by atoms with Crippen molar-refractivity contribution in [2.24, 2.45) is 0 Å². The second-order valence-corrected chi connectivity index (χ2v) is 8.53. The first-order chi connectivity index (χ1) is 14.2. The number of fused-ring (bicyclic) bond motifs is 1. The molecule has 29 heavy (non-hydrogen) atoms. The monoisotopic (exact) mass is 410 g/mol. The molecule has 0 unspecified atom stereocenters. The first-order valence-corrected chi connectivity index (χ1v) is 12.0. The Kier molecular flexibility index (Phi) is 12.6. The summed E-state index contributed by atoms with van der Waals surface area (Å²) in [5.41, 5.74) is 0. The van der Waals surface area contributed by atoms with Crippen LogP contribution in [0, 0.1) is 0 Å². The lowest BCUT2D eigenvalue weighted by Crippen LogP contribution is -2.34. The first kappa shape index (κ1) is 24.4. The first-order valence-electron chi connectivity index (χ1n) is 12.0. The Hall–Kier alpha value is -0.910. The number of esters is 1. The molecule has 168 valence electrons. The van der Waals surface area contributed by atoms with E-state index >= 15 is 0 Å². The highest BCUT2D eigenvalue weighted by Gasteiger charge is 2.48. The number of aliphatic hydroxyl groups excluding tert-OH is 1. The molecule has 0 spiro atoms. The van der Waals surface area contributed by atoms with Crippen LogP contribution in [0.1, 0.15) is 96.8 Å². The molecule has 0 saturated carbocycles. The highest BCUT2D eigenvalue weighted by molar-refractivity contribution is 5.69. The van der Waals surface area contributed by atoms with Crippen molar-refractivity contribution in [2.75, 3.05) is 13.2 Å². The molecular formula is C24H42O5. The van der Waals surface area contributed by atoms with E-state index in [-0.39, 0.29) is 30.9 Å². The van der Waals surface area contributed by atoms with Crippen LogP contribution in [0.5, 0.6) is 0 Å². The van der Waals surface area contributed by atoms with E-state index < -0.39 is 6.10 Å². The zero-order valence-corrected chi connectivity index (χ0v) is 18.4. The molecule has 0 aliphatic carbocycles. The maximum atomic E-state index is 12.0. The molecule has 0 bridgehead atoms. The van der Waals surface area contributed by atoms with Crippen LogP contribution >= 0.6 is 0 Å². The van der Waals surface area contributed by atoms with Crippen molar-refractivity contribution in [3.63, 3.8) is 0 Å². The van der Waals surface area contributed by atoms with Crippen LogP contribution in [-0.2, 0) is 19.0 Å². The second kappa shape index (κ2) is 15.0. The lowest BCUT2D eigenvalue weighted by Gasteiger charge is -2.16. The third-order valence-electron chi connectivity index (χ3n) is 5.91. The van der Waals surface area contributed by atoms with E-state index in [4.69, 9.17) is 14.2 Å². The Bertz CT molecular complexity index is 464. The van der Waals surface area contributed by atoms with Gasteiger partial charge in [-0.2, -0.15) is 0 Å². The van der Waals surface area contributed by atoms with E-state index in [2.05, 4.69) is 19.1 Å². The van der Waals surface area contributed by atoms with Gasteiger partial charge < -0.3 is 19.3 Å². The number of aliphatic hydroxyl groups is 1. The number of carbonyl (C=O) groups excluding carboxylic acids is 1. The van der Waals surface area contributed by atoms with Crippen molar-refractivity contribution >= 4 is 5.97 Å². The van der Waals surface area contributed by atoms with Crippen LogP contribution in [0.25, 0.3) is 0 Å². The van der Waals surface area contributed by atoms with E-state index in [0.717, 1.165) is 12.8 Å². The van der Waals surface area contributed by atoms with Gasteiger partial charge in [-0.05, 0) is 32.1 Å². The Morgan fingerprint density at radius 3 is 2.14 bits per heavy atom. The summed E-state index contributed by atoms with van der Waals surface area (Å²) in [5, 5.41) is 9.71. The number of unbranched alkanes of at least 4 members (excludes halogenated alkanes) is 11. The number of hydrogen-bond donors (Lipinski definition) is 1. The Morgan fingerprint density at radius 2 is 1.45 bits per heavy atom. The van der Waals surface area contributed by atoms with E-state index in [9.17, 15) is 9.90 Å². The van der Waals surface area contributed by atoms with Gasteiger partial charge in [0.05, 0.1) is 13.2 Å². The molecule has 1 N–H and O–H groups in total. The van der Waals surface area contributed by atoms with E-state index in [0.29, 0.717) is 13.0 Å². The fourth-order valence-corrected chi connectivity index (χ4v) is 4.11. The number of hydrogen-bond acceptors (Lipinski definition) is 5. The highest BCUT2D eigenvalue weighted by atomic mass is 16.6. The van der Waals surface area contributed by atoms with E-state index in [1.807, 2.05) is 0 Å². The topological polar surface area (TPSA) is 65.0 Å². The summed E-state index contributed by atoms with van der Waals surface area (Å²) in [4.78, 5) is 12.0. The zero-order valence-electron chi connectivity index (χ0n) is 18.4. The Morgan fingerprint density at radius 1 is 0.862 bits per heavy atom. The number of rotatable bonds is 16. The van der Waals surface area contributed by atoms with Crippen molar-refractivity contribution in [2.45, 2.75) is 121 Å². The minimum atomic E-state index is -0.603. The predicted octanol–water partition coefficient (Wildman–Crippen LogP) is 5.09. The lowest BCUT2D eigenvalue weighted by molar-refractivity contribution is -0.153. The number of allylic oxidation sites excluding steroid dienone is 2. The van der Waals surface area contributed by atoms with Crippen LogP contribution < -0.4 is 0 Å². The molecule has 0 amide bonds. The molecule has 2 fully saturated rings. The summed E-state index contributed by atoms with van der Waals surface area (Å²) < 4.78 is 16.4. The van der Waals surface area contributed by atoms with Crippen LogP contribution in [0.3, 0.4) is 0 Å². The van der Waals surface area contributed by atoms with Crippen LogP contribution in [0.4, 0.5) is 0 Å². The highest BCUT2D eigenvalue weighted by Crippen LogP contribution is 2.29. The summed E-state index contributed by atoms with van der Waals surface area (Å²) in [5.74, 6) is -0.179. The number of carbonyl (C=O) groups is 1. The molecule has 0 aromatic heterocycles. The summed E-state index contributed by atoms with van der Waals surface area (Å²) >= 11 is 0. The molecular weight excluding hydrogens is 368 g/mol. The SMILES string of the molecule is CCCCCCCC/C=C\CCCCCCCC(=O)O[C@H]1CO[C@H]2[C@@H]1OC[C@H]2O. The molecule has 0 radical (unpaired) electrons.